The number of hydrogen-bond donors (Lipinski definition) is 1. The van der Waals surface area contributed by atoms with Crippen molar-refractivity contribution >= 4 is 23.2 Å². The van der Waals surface area contributed by atoms with Crippen LogP contribution in [0.2, 0.25) is 10.0 Å². The minimum absolute atomic E-state index is 0.263. The first kappa shape index (κ1) is 15.8. The Morgan fingerprint density at radius 3 is 2.50 bits per heavy atom. The first-order valence-corrected chi connectivity index (χ1v) is 7.06. The first-order chi connectivity index (χ1) is 8.50. The zero-order valence-electron chi connectivity index (χ0n) is 11.2. The van der Waals surface area contributed by atoms with Gasteiger partial charge in [-0.25, -0.2) is 0 Å². The van der Waals surface area contributed by atoms with Crippen LogP contribution >= 0.6 is 23.2 Å². The Bertz CT molecular complexity index is 369. The van der Waals surface area contributed by atoms with Gasteiger partial charge in [0.2, 0.25) is 0 Å². The van der Waals surface area contributed by atoms with Crippen LogP contribution < -0.4 is 5.32 Å². The Hall–Kier alpha value is -0.280. The molecule has 0 aliphatic carbocycles. The maximum Gasteiger partial charge on any atom is 0.0595 e. The van der Waals surface area contributed by atoms with Crippen molar-refractivity contribution in [1.82, 2.24) is 5.32 Å². The Balaban J connectivity index is 2.31. The Morgan fingerprint density at radius 1 is 1.17 bits per heavy atom. The van der Waals surface area contributed by atoms with Gasteiger partial charge in [-0.3, -0.25) is 0 Å². The highest BCUT2D eigenvalue weighted by Crippen LogP contribution is 2.25. The van der Waals surface area contributed by atoms with Gasteiger partial charge < -0.3 is 10.1 Å². The van der Waals surface area contributed by atoms with Gasteiger partial charge in [-0.05, 0) is 51.4 Å². The summed E-state index contributed by atoms with van der Waals surface area (Å²) in [6.45, 7) is 7.92. The van der Waals surface area contributed by atoms with Gasteiger partial charge in [-0.1, -0.05) is 29.3 Å². The molecule has 0 aliphatic rings. The van der Waals surface area contributed by atoms with Crippen molar-refractivity contribution in [1.29, 1.82) is 0 Å². The van der Waals surface area contributed by atoms with Crippen LogP contribution in [0.25, 0.3) is 0 Å². The Labute approximate surface area is 120 Å². The highest BCUT2D eigenvalue weighted by atomic mass is 35.5. The standard InChI is InChI=1S/C14H21Cl2NO/c1-10(2)18-8-4-7-17-11(3)12-5-6-13(15)14(16)9-12/h5-6,9-11,17H,4,7-8H2,1-3H3. The van der Waals surface area contributed by atoms with Crippen molar-refractivity contribution in [2.45, 2.75) is 39.3 Å². The van der Waals surface area contributed by atoms with Crippen LogP contribution in [0.4, 0.5) is 0 Å². The molecule has 0 saturated heterocycles. The molecule has 0 saturated carbocycles. The third kappa shape index (κ3) is 5.57. The van der Waals surface area contributed by atoms with Gasteiger partial charge in [0, 0.05) is 12.6 Å². The average Bonchev–Trinajstić information content (AvgIpc) is 2.31. The van der Waals surface area contributed by atoms with E-state index in [-0.39, 0.29) is 6.04 Å². The SMILES string of the molecule is CC(C)OCCCNC(C)c1ccc(Cl)c(Cl)c1. The molecule has 0 heterocycles. The first-order valence-electron chi connectivity index (χ1n) is 6.30. The van der Waals surface area contributed by atoms with E-state index in [1.54, 1.807) is 0 Å². The maximum absolute atomic E-state index is 6.00. The molecule has 0 aromatic heterocycles. The quantitative estimate of drug-likeness (QED) is 0.749. The zero-order valence-corrected chi connectivity index (χ0v) is 12.7. The summed E-state index contributed by atoms with van der Waals surface area (Å²) in [5.41, 5.74) is 1.15. The molecule has 1 unspecified atom stereocenters. The van der Waals surface area contributed by atoms with E-state index >= 15 is 0 Å². The van der Waals surface area contributed by atoms with Crippen LogP contribution in [0.3, 0.4) is 0 Å². The minimum atomic E-state index is 0.263. The molecular formula is C14H21Cl2NO. The summed E-state index contributed by atoms with van der Waals surface area (Å²) in [7, 11) is 0. The summed E-state index contributed by atoms with van der Waals surface area (Å²) in [6, 6.07) is 6.00. The van der Waals surface area contributed by atoms with Crippen molar-refractivity contribution in [3.63, 3.8) is 0 Å². The van der Waals surface area contributed by atoms with Crippen molar-refractivity contribution in [3.8, 4) is 0 Å². The lowest BCUT2D eigenvalue weighted by atomic mass is 10.1. The largest absolute Gasteiger partial charge is 0.379 e. The number of halogens is 2. The summed E-state index contributed by atoms with van der Waals surface area (Å²) in [6.07, 6.45) is 1.31. The van der Waals surface area contributed by atoms with E-state index in [4.69, 9.17) is 27.9 Å². The van der Waals surface area contributed by atoms with Crippen molar-refractivity contribution in [2.75, 3.05) is 13.2 Å². The molecule has 0 spiro atoms. The number of nitrogens with one attached hydrogen (secondary N) is 1. The third-order valence-corrected chi connectivity index (χ3v) is 3.41. The van der Waals surface area contributed by atoms with E-state index in [0.717, 1.165) is 25.1 Å². The van der Waals surface area contributed by atoms with Crippen LogP contribution in [0.5, 0.6) is 0 Å². The van der Waals surface area contributed by atoms with Gasteiger partial charge in [0.05, 0.1) is 16.1 Å². The monoisotopic (exact) mass is 289 g/mol. The van der Waals surface area contributed by atoms with Gasteiger partial charge >= 0.3 is 0 Å². The molecule has 1 rings (SSSR count). The molecule has 1 aromatic rings. The second-order valence-electron chi connectivity index (χ2n) is 4.62. The molecule has 0 aliphatic heterocycles. The fourth-order valence-electron chi connectivity index (χ4n) is 1.61. The van der Waals surface area contributed by atoms with Gasteiger partial charge in [-0.15, -0.1) is 0 Å². The minimum Gasteiger partial charge on any atom is -0.379 e. The Kier molecular flexibility index (Phi) is 7.02. The van der Waals surface area contributed by atoms with Gasteiger partial charge in [0.15, 0.2) is 0 Å². The molecule has 0 radical (unpaired) electrons. The average molecular weight is 290 g/mol. The zero-order chi connectivity index (χ0) is 13.5. The lowest BCUT2D eigenvalue weighted by Crippen LogP contribution is -2.21. The fourth-order valence-corrected chi connectivity index (χ4v) is 1.92. The Morgan fingerprint density at radius 2 is 1.89 bits per heavy atom. The smallest absolute Gasteiger partial charge is 0.0595 e. The number of benzene rings is 1. The van der Waals surface area contributed by atoms with E-state index in [9.17, 15) is 0 Å². The van der Waals surface area contributed by atoms with Gasteiger partial charge in [0.1, 0.15) is 0 Å². The highest BCUT2D eigenvalue weighted by Gasteiger charge is 2.06. The van der Waals surface area contributed by atoms with Crippen molar-refractivity contribution in [2.24, 2.45) is 0 Å². The van der Waals surface area contributed by atoms with E-state index in [1.165, 1.54) is 0 Å². The molecule has 0 amide bonds. The summed E-state index contributed by atoms with van der Waals surface area (Å²) in [4.78, 5) is 0. The molecule has 102 valence electrons. The van der Waals surface area contributed by atoms with Crippen LogP contribution in [-0.2, 0) is 4.74 Å². The molecule has 0 bridgehead atoms. The summed E-state index contributed by atoms with van der Waals surface area (Å²) in [5, 5.41) is 4.64. The second-order valence-corrected chi connectivity index (χ2v) is 5.44. The van der Waals surface area contributed by atoms with E-state index in [1.807, 2.05) is 32.0 Å². The lowest BCUT2D eigenvalue weighted by molar-refractivity contribution is 0.0768. The fraction of sp³-hybridized carbons (Fsp3) is 0.571. The topological polar surface area (TPSA) is 21.3 Å². The second kappa shape index (κ2) is 8.00. The molecule has 2 nitrogen and oxygen atoms in total. The van der Waals surface area contributed by atoms with Gasteiger partial charge in [-0.2, -0.15) is 0 Å². The van der Waals surface area contributed by atoms with Crippen LogP contribution in [0, 0.1) is 0 Å². The van der Waals surface area contributed by atoms with Crippen LogP contribution in [0.1, 0.15) is 38.8 Å². The normalized spacial score (nSPS) is 13.0. The van der Waals surface area contributed by atoms with Crippen LogP contribution in [-0.4, -0.2) is 19.3 Å². The van der Waals surface area contributed by atoms with E-state index in [0.29, 0.717) is 16.1 Å². The van der Waals surface area contributed by atoms with Crippen molar-refractivity contribution < 1.29 is 4.74 Å². The highest BCUT2D eigenvalue weighted by molar-refractivity contribution is 6.42. The summed E-state index contributed by atoms with van der Waals surface area (Å²) in [5.74, 6) is 0. The summed E-state index contributed by atoms with van der Waals surface area (Å²) >= 11 is 11.9. The predicted molar refractivity (Wildman–Crippen MR) is 78.6 cm³/mol. The van der Waals surface area contributed by atoms with Gasteiger partial charge in [0.25, 0.3) is 0 Å². The third-order valence-electron chi connectivity index (χ3n) is 2.67. The van der Waals surface area contributed by atoms with E-state index in [2.05, 4.69) is 12.2 Å². The maximum atomic E-state index is 6.00. The van der Waals surface area contributed by atoms with Crippen molar-refractivity contribution in [3.05, 3.63) is 33.8 Å². The summed E-state index contributed by atoms with van der Waals surface area (Å²) < 4.78 is 5.49. The molecule has 1 N–H and O–H groups in total. The number of ether oxygens (including phenoxy) is 1. The lowest BCUT2D eigenvalue weighted by Gasteiger charge is -2.15. The van der Waals surface area contributed by atoms with Crippen LogP contribution in [0.15, 0.2) is 18.2 Å². The molecule has 1 aromatic carbocycles. The molecule has 4 heteroatoms. The van der Waals surface area contributed by atoms with E-state index < -0.39 is 0 Å². The molecular weight excluding hydrogens is 269 g/mol. The molecule has 18 heavy (non-hydrogen) atoms. The predicted octanol–water partition coefficient (Wildman–Crippen LogP) is 4.46. The molecule has 1 atom stereocenters. The molecule has 0 fully saturated rings. The number of hydrogen-bond acceptors (Lipinski definition) is 2. The number of rotatable bonds is 7.